The van der Waals surface area contributed by atoms with Crippen molar-refractivity contribution in [3.8, 4) is 0 Å². The number of morpholine rings is 1. The molecule has 0 aliphatic carbocycles. The molecular formula is C16H21N3O4. The first-order chi connectivity index (χ1) is 11.2. The van der Waals surface area contributed by atoms with Gasteiger partial charge in [-0.05, 0) is 25.0 Å². The van der Waals surface area contributed by atoms with Gasteiger partial charge in [-0.1, -0.05) is 6.07 Å². The van der Waals surface area contributed by atoms with Crippen LogP contribution in [0.3, 0.4) is 0 Å². The highest BCUT2D eigenvalue weighted by Crippen LogP contribution is 2.11. The maximum Gasteiger partial charge on any atom is 0.272 e. The number of hydrogen-bond donors (Lipinski definition) is 1. The quantitative estimate of drug-likeness (QED) is 0.872. The Kier molecular flexibility index (Phi) is 5.19. The first-order valence-corrected chi connectivity index (χ1v) is 7.98. The molecular weight excluding hydrogens is 298 g/mol. The van der Waals surface area contributed by atoms with Crippen molar-refractivity contribution in [2.24, 2.45) is 0 Å². The highest BCUT2D eigenvalue weighted by molar-refractivity contribution is 5.96. The van der Waals surface area contributed by atoms with E-state index in [0.717, 1.165) is 19.4 Å². The lowest BCUT2D eigenvalue weighted by molar-refractivity contribution is 0.0299. The molecule has 1 aromatic rings. The van der Waals surface area contributed by atoms with Crippen molar-refractivity contribution in [2.45, 2.75) is 18.9 Å². The number of rotatable bonds is 4. The number of carbonyl (C=O) groups is 2. The molecule has 7 heteroatoms. The first-order valence-electron chi connectivity index (χ1n) is 7.98. The Bertz CT molecular complexity index is 566. The minimum atomic E-state index is -0.280. The van der Waals surface area contributed by atoms with Crippen LogP contribution < -0.4 is 5.32 Å². The Labute approximate surface area is 135 Å². The lowest BCUT2D eigenvalue weighted by atomic mass is 10.2. The third kappa shape index (κ3) is 4.05. The van der Waals surface area contributed by atoms with Gasteiger partial charge in [0.15, 0.2) is 0 Å². The van der Waals surface area contributed by atoms with Crippen molar-refractivity contribution in [1.29, 1.82) is 0 Å². The normalized spacial score (nSPS) is 21.2. The molecule has 0 radical (unpaired) electrons. The third-order valence-corrected chi connectivity index (χ3v) is 4.01. The largest absolute Gasteiger partial charge is 0.378 e. The average molecular weight is 319 g/mol. The smallest absolute Gasteiger partial charge is 0.272 e. The van der Waals surface area contributed by atoms with Crippen LogP contribution in [0, 0.1) is 0 Å². The molecule has 7 nitrogen and oxygen atoms in total. The van der Waals surface area contributed by atoms with Crippen LogP contribution in [0.2, 0.25) is 0 Å². The van der Waals surface area contributed by atoms with Crippen LogP contribution in [0.4, 0.5) is 0 Å². The molecule has 23 heavy (non-hydrogen) atoms. The fourth-order valence-electron chi connectivity index (χ4n) is 2.71. The topological polar surface area (TPSA) is 80.8 Å². The van der Waals surface area contributed by atoms with Crippen molar-refractivity contribution in [3.63, 3.8) is 0 Å². The van der Waals surface area contributed by atoms with Gasteiger partial charge in [0.05, 0.1) is 19.3 Å². The van der Waals surface area contributed by atoms with Gasteiger partial charge >= 0.3 is 0 Å². The van der Waals surface area contributed by atoms with E-state index >= 15 is 0 Å². The highest BCUT2D eigenvalue weighted by atomic mass is 16.5. The molecule has 0 saturated carbocycles. The summed E-state index contributed by atoms with van der Waals surface area (Å²) >= 11 is 0. The molecule has 0 bridgehead atoms. The van der Waals surface area contributed by atoms with E-state index in [4.69, 9.17) is 9.47 Å². The predicted octanol–water partition coefficient (Wildman–Crippen LogP) is 0.463. The zero-order valence-corrected chi connectivity index (χ0v) is 13.0. The van der Waals surface area contributed by atoms with Crippen LogP contribution in [-0.4, -0.2) is 67.3 Å². The van der Waals surface area contributed by atoms with Gasteiger partial charge in [-0.3, -0.25) is 9.59 Å². The Morgan fingerprint density at radius 1 is 1.22 bits per heavy atom. The van der Waals surface area contributed by atoms with Crippen molar-refractivity contribution in [2.75, 3.05) is 39.5 Å². The predicted molar refractivity (Wildman–Crippen MR) is 82.3 cm³/mol. The first kappa shape index (κ1) is 15.9. The van der Waals surface area contributed by atoms with E-state index in [2.05, 4.69) is 10.3 Å². The van der Waals surface area contributed by atoms with Crippen molar-refractivity contribution in [3.05, 3.63) is 29.6 Å². The van der Waals surface area contributed by atoms with E-state index in [-0.39, 0.29) is 29.3 Å². The van der Waals surface area contributed by atoms with Gasteiger partial charge in [0, 0.05) is 26.2 Å². The molecule has 3 rings (SSSR count). The number of hydrogen-bond acceptors (Lipinski definition) is 5. The standard InChI is InChI=1S/C16H21N3O4/c20-15(17-11-12-3-2-8-23-12)13-4-1-5-14(18-13)16(21)19-6-9-22-10-7-19/h1,4-5,12H,2-3,6-11H2,(H,17,20). The molecule has 0 aromatic carbocycles. The van der Waals surface area contributed by atoms with Gasteiger partial charge in [0.25, 0.3) is 11.8 Å². The van der Waals surface area contributed by atoms with Gasteiger partial charge in [0.1, 0.15) is 11.4 Å². The molecule has 2 aliphatic heterocycles. The molecule has 1 atom stereocenters. The fourth-order valence-corrected chi connectivity index (χ4v) is 2.71. The number of nitrogens with one attached hydrogen (secondary N) is 1. The fraction of sp³-hybridized carbons (Fsp3) is 0.562. The monoisotopic (exact) mass is 319 g/mol. The van der Waals surface area contributed by atoms with Crippen LogP contribution >= 0.6 is 0 Å². The Morgan fingerprint density at radius 3 is 2.74 bits per heavy atom. The summed E-state index contributed by atoms with van der Waals surface area (Å²) in [4.78, 5) is 30.5. The zero-order chi connectivity index (χ0) is 16.1. The summed E-state index contributed by atoms with van der Waals surface area (Å²) in [6, 6.07) is 4.93. The van der Waals surface area contributed by atoms with Crippen LogP contribution in [0.25, 0.3) is 0 Å². The highest BCUT2D eigenvalue weighted by Gasteiger charge is 2.21. The maximum absolute atomic E-state index is 12.4. The van der Waals surface area contributed by atoms with E-state index in [1.54, 1.807) is 23.1 Å². The Balaban J connectivity index is 1.61. The van der Waals surface area contributed by atoms with E-state index in [9.17, 15) is 9.59 Å². The molecule has 1 N–H and O–H groups in total. The lowest BCUT2D eigenvalue weighted by Gasteiger charge is -2.26. The number of ether oxygens (including phenoxy) is 2. The summed E-state index contributed by atoms with van der Waals surface area (Å²) in [5.41, 5.74) is 0.541. The second-order valence-electron chi connectivity index (χ2n) is 5.66. The second kappa shape index (κ2) is 7.52. The molecule has 2 aliphatic rings. The van der Waals surface area contributed by atoms with Gasteiger partial charge in [-0.15, -0.1) is 0 Å². The molecule has 0 spiro atoms. The minimum absolute atomic E-state index is 0.0807. The second-order valence-corrected chi connectivity index (χ2v) is 5.66. The van der Waals surface area contributed by atoms with E-state index in [1.165, 1.54) is 0 Å². The zero-order valence-electron chi connectivity index (χ0n) is 13.0. The van der Waals surface area contributed by atoms with E-state index in [1.807, 2.05) is 0 Å². The SMILES string of the molecule is O=C(NCC1CCCO1)c1cccc(C(=O)N2CCOCC2)n1. The molecule has 124 valence electrons. The van der Waals surface area contributed by atoms with Gasteiger partial charge in [-0.25, -0.2) is 4.98 Å². The Morgan fingerprint density at radius 2 is 2.00 bits per heavy atom. The van der Waals surface area contributed by atoms with E-state index in [0.29, 0.717) is 32.8 Å². The van der Waals surface area contributed by atoms with Crippen molar-refractivity contribution in [1.82, 2.24) is 15.2 Å². The lowest BCUT2D eigenvalue weighted by Crippen LogP contribution is -2.41. The summed E-state index contributed by atoms with van der Waals surface area (Å²) in [6.07, 6.45) is 2.07. The number of aromatic nitrogens is 1. The third-order valence-electron chi connectivity index (χ3n) is 4.01. The minimum Gasteiger partial charge on any atom is -0.378 e. The van der Waals surface area contributed by atoms with Gasteiger partial charge in [0.2, 0.25) is 0 Å². The summed E-state index contributed by atoms with van der Waals surface area (Å²) in [5, 5.41) is 2.82. The van der Waals surface area contributed by atoms with Crippen LogP contribution in [0.5, 0.6) is 0 Å². The Hall–Kier alpha value is -1.99. The molecule has 2 amide bonds. The summed E-state index contributed by atoms with van der Waals surface area (Å²) in [7, 11) is 0. The van der Waals surface area contributed by atoms with E-state index < -0.39 is 0 Å². The van der Waals surface area contributed by atoms with Crippen LogP contribution in [0.15, 0.2) is 18.2 Å². The number of nitrogens with zero attached hydrogens (tertiary/aromatic N) is 2. The molecule has 1 aromatic heterocycles. The summed E-state index contributed by atoms with van der Waals surface area (Å²) in [5.74, 6) is -0.445. The summed E-state index contributed by atoms with van der Waals surface area (Å²) in [6.45, 7) is 3.40. The number of amides is 2. The van der Waals surface area contributed by atoms with Crippen LogP contribution in [0.1, 0.15) is 33.8 Å². The van der Waals surface area contributed by atoms with Gasteiger partial charge in [-0.2, -0.15) is 0 Å². The number of carbonyl (C=O) groups excluding carboxylic acids is 2. The van der Waals surface area contributed by atoms with Gasteiger partial charge < -0.3 is 19.7 Å². The summed E-state index contributed by atoms with van der Waals surface area (Å²) < 4.78 is 10.7. The average Bonchev–Trinajstić information content (AvgIpc) is 3.13. The molecule has 2 saturated heterocycles. The number of pyridine rings is 1. The van der Waals surface area contributed by atoms with Crippen LogP contribution in [-0.2, 0) is 9.47 Å². The molecule has 1 unspecified atom stereocenters. The molecule has 3 heterocycles. The molecule has 2 fully saturated rings. The van der Waals surface area contributed by atoms with Crippen molar-refractivity contribution >= 4 is 11.8 Å². The van der Waals surface area contributed by atoms with Crippen molar-refractivity contribution < 1.29 is 19.1 Å². The maximum atomic E-state index is 12.4.